The van der Waals surface area contributed by atoms with Crippen molar-refractivity contribution in [3.05, 3.63) is 34.9 Å². The van der Waals surface area contributed by atoms with E-state index in [1.807, 2.05) is 29.2 Å². The van der Waals surface area contributed by atoms with Crippen molar-refractivity contribution in [2.45, 2.75) is 62.9 Å². The molecule has 0 aliphatic carbocycles. The van der Waals surface area contributed by atoms with E-state index in [0.29, 0.717) is 50.5 Å². The van der Waals surface area contributed by atoms with Gasteiger partial charge in [-0.3, -0.25) is 19.4 Å². The van der Waals surface area contributed by atoms with Gasteiger partial charge in [0.1, 0.15) is 6.04 Å². The van der Waals surface area contributed by atoms with Crippen molar-refractivity contribution < 1.29 is 14.7 Å². The van der Waals surface area contributed by atoms with Crippen molar-refractivity contribution in [1.29, 1.82) is 0 Å². The number of fused-ring (bicyclic) bond motifs is 1. The third-order valence-electron chi connectivity index (χ3n) is 7.13. The molecular formula is C23H33ClN4O3. The van der Waals surface area contributed by atoms with Gasteiger partial charge in [-0.15, -0.1) is 0 Å². The van der Waals surface area contributed by atoms with Gasteiger partial charge in [0.05, 0.1) is 6.10 Å². The number of carbonyl (C=O) groups excluding carboxylic acids is 2. The Morgan fingerprint density at radius 3 is 2.74 bits per heavy atom. The lowest BCUT2D eigenvalue weighted by Crippen LogP contribution is -2.49. The van der Waals surface area contributed by atoms with Crippen LogP contribution in [0.25, 0.3) is 0 Å². The first-order chi connectivity index (χ1) is 14.9. The average Bonchev–Trinajstić information content (AvgIpc) is 3.12. The van der Waals surface area contributed by atoms with Crippen molar-refractivity contribution in [2.75, 3.05) is 33.2 Å². The Kier molecular flexibility index (Phi) is 7.16. The maximum absolute atomic E-state index is 13.0. The van der Waals surface area contributed by atoms with Crippen LogP contribution in [0.5, 0.6) is 0 Å². The van der Waals surface area contributed by atoms with E-state index in [0.717, 1.165) is 24.9 Å². The topological polar surface area (TPSA) is 76.1 Å². The Morgan fingerprint density at radius 2 is 2.00 bits per heavy atom. The molecule has 0 radical (unpaired) electrons. The summed E-state index contributed by atoms with van der Waals surface area (Å²) in [6.45, 7) is 3.41. The van der Waals surface area contributed by atoms with Crippen LogP contribution in [0.4, 0.5) is 0 Å². The smallest absolute Gasteiger partial charge is 0.239 e. The van der Waals surface area contributed by atoms with E-state index < -0.39 is 0 Å². The fourth-order valence-corrected chi connectivity index (χ4v) is 5.47. The number of hydrogen-bond donors (Lipinski definition) is 2. The van der Waals surface area contributed by atoms with E-state index in [1.165, 1.54) is 0 Å². The van der Waals surface area contributed by atoms with Crippen molar-refractivity contribution in [2.24, 2.45) is 0 Å². The zero-order valence-electron chi connectivity index (χ0n) is 18.2. The number of rotatable bonds is 5. The largest absolute Gasteiger partial charge is 0.393 e. The monoisotopic (exact) mass is 448 g/mol. The van der Waals surface area contributed by atoms with E-state index in [9.17, 15) is 14.7 Å². The summed E-state index contributed by atoms with van der Waals surface area (Å²) in [5.74, 6) is 0.233. The summed E-state index contributed by atoms with van der Waals surface area (Å²) >= 11 is 6.14. The highest BCUT2D eigenvalue weighted by Crippen LogP contribution is 2.29. The number of aliphatic hydroxyl groups is 1. The number of benzene rings is 1. The fourth-order valence-electron chi connectivity index (χ4n) is 5.26. The van der Waals surface area contributed by atoms with Gasteiger partial charge in [-0.2, -0.15) is 0 Å². The maximum Gasteiger partial charge on any atom is 0.239 e. The van der Waals surface area contributed by atoms with Gasteiger partial charge in [0, 0.05) is 56.3 Å². The van der Waals surface area contributed by atoms with Gasteiger partial charge in [-0.05, 0) is 50.4 Å². The predicted octanol–water partition coefficient (Wildman–Crippen LogP) is 1.48. The lowest BCUT2D eigenvalue weighted by atomic mass is 10.0. The highest BCUT2D eigenvalue weighted by atomic mass is 35.5. The summed E-state index contributed by atoms with van der Waals surface area (Å²) in [6, 6.07) is 7.92. The molecule has 0 bridgehead atoms. The molecule has 3 aliphatic rings. The molecule has 1 aromatic rings. The highest BCUT2D eigenvalue weighted by Gasteiger charge is 2.45. The number of nitrogens with zero attached hydrogens (tertiary/aromatic N) is 3. The number of carbonyl (C=O) groups is 2. The molecule has 3 atom stereocenters. The Balaban J connectivity index is 1.36. The van der Waals surface area contributed by atoms with Crippen molar-refractivity contribution >= 4 is 23.4 Å². The molecule has 3 aliphatic heterocycles. The first-order valence-electron chi connectivity index (χ1n) is 11.4. The van der Waals surface area contributed by atoms with Crippen LogP contribution in [0.2, 0.25) is 5.02 Å². The highest BCUT2D eigenvalue weighted by molar-refractivity contribution is 6.30. The molecule has 1 aromatic carbocycles. The van der Waals surface area contributed by atoms with E-state index in [2.05, 4.69) is 22.2 Å². The van der Waals surface area contributed by atoms with Gasteiger partial charge >= 0.3 is 0 Å². The molecule has 3 fully saturated rings. The molecule has 4 rings (SSSR count). The average molecular weight is 449 g/mol. The first-order valence-corrected chi connectivity index (χ1v) is 11.7. The number of hydrogen-bond acceptors (Lipinski definition) is 5. The van der Waals surface area contributed by atoms with Crippen LogP contribution in [0.3, 0.4) is 0 Å². The third kappa shape index (κ3) is 5.22. The van der Waals surface area contributed by atoms with Gasteiger partial charge in [0.15, 0.2) is 0 Å². The second-order valence-corrected chi connectivity index (χ2v) is 9.55. The number of piperidine rings is 1. The SMILES string of the molecule is CN1[C@@H](CCC(=O)N2CCC(O)CC2)CNC(=O)[C@@H]2[C@H]1CCN2Cc1cccc(Cl)c1. The van der Waals surface area contributed by atoms with Crippen LogP contribution >= 0.6 is 11.6 Å². The quantitative estimate of drug-likeness (QED) is 0.713. The zero-order chi connectivity index (χ0) is 22.0. The first kappa shape index (κ1) is 22.5. The minimum absolute atomic E-state index is 0.0789. The van der Waals surface area contributed by atoms with Gasteiger partial charge in [-0.25, -0.2) is 0 Å². The molecule has 2 amide bonds. The summed E-state index contributed by atoms with van der Waals surface area (Å²) in [6.07, 6.45) is 3.19. The van der Waals surface area contributed by atoms with Crippen LogP contribution in [0.15, 0.2) is 24.3 Å². The van der Waals surface area contributed by atoms with E-state index >= 15 is 0 Å². The van der Waals surface area contributed by atoms with E-state index in [4.69, 9.17) is 11.6 Å². The lowest BCUT2D eigenvalue weighted by Gasteiger charge is -2.34. The Morgan fingerprint density at radius 1 is 1.23 bits per heavy atom. The van der Waals surface area contributed by atoms with Crippen LogP contribution in [-0.2, 0) is 16.1 Å². The number of halogens is 1. The molecule has 3 saturated heterocycles. The molecule has 31 heavy (non-hydrogen) atoms. The summed E-state index contributed by atoms with van der Waals surface area (Å²) in [5.41, 5.74) is 1.11. The van der Waals surface area contributed by atoms with Crippen LogP contribution < -0.4 is 5.32 Å². The Labute approximate surface area is 189 Å². The van der Waals surface area contributed by atoms with Gasteiger partial charge in [0.2, 0.25) is 11.8 Å². The molecule has 7 nitrogen and oxygen atoms in total. The van der Waals surface area contributed by atoms with Crippen LogP contribution in [-0.4, -0.2) is 89.1 Å². The summed E-state index contributed by atoms with van der Waals surface area (Å²) in [4.78, 5) is 32.0. The Bertz CT molecular complexity index is 799. The summed E-state index contributed by atoms with van der Waals surface area (Å²) < 4.78 is 0. The van der Waals surface area contributed by atoms with Crippen molar-refractivity contribution in [1.82, 2.24) is 20.0 Å². The van der Waals surface area contributed by atoms with Gasteiger partial charge < -0.3 is 15.3 Å². The summed E-state index contributed by atoms with van der Waals surface area (Å²) in [7, 11) is 2.09. The third-order valence-corrected chi connectivity index (χ3v) is 7.37. The molecule has 2 N–H and O–H groups in total. The number of likely N-dealkylation sites (tertiary alicyclic amines) is 2. The summed E-state index contributed by atoms with van der Waals surface area (Å²) in [5, 5.41) is 13.5. The maximum atomic E-state index is 13.0. The second-order valence-electron chi connectivity index (χ2n) is 9.12. The van der Waals surface area contributed by atoms with Crippen LogP contribution in [0.1, 0.15) is 37.7 Å². The predicted molar refractivity (Wildman–Crippen MR) is 120 cm³/mol. The van der Waals surface area contributed by atoms with Crippen molar-refractivity contribution in [3.8, 4) is 0 Å². The minimum Gasteiger partial charge on any atom is -0.393 e. The molecule has 0 unspecified atom stereocenters. The number of amides is 2. The lowest BCUT2D eigenvalue weighted by molar-refractivity contribution is -0.133. The van der Waals surface area contributed by atoms with Gasteiger partial charge in [-0.1, -0.05) is 23.7 Å². The number of aliphatic hydroxyl groups excluding tert-OH is 1. The van der Waals surface area contributed by atoms with E-state index in [-0.39, 0.29) is 36.0 Å². The molecule has 0 spiro atoms. The molecule has 3 heterocycles. The van der Waals surface area contributed by atoms with E-state index in [1.54, 1.807) is 0 Å². The number of likely N-dealkylation sites (N-methyl/N-ethyl adjacent to an activating group) is 1. The number of nitrogens with one attached hydrogen (secondary N) is 1. The minimum atomic E-state index is -0.276. The normalized spacial score (nSPS) is 28.3. The fraction of sp³-hybridized carbons (Fsp3) is 0.652. The van der Waals surface area contributed by atoms with Crippen LogP contribution in [0, 0.1) is 0 Å². The standard InChI is InChI=1S/C23H33ClN4O3/c1-26-18(5-6-21(30)27-10-7-19(29)8-11-27)14-25-23(31)22-20(26)9-12-28(22)15-16-3-2-4-17(24)13-16/h2-4,13,18-20,22,29H,5-12,14-15H2,1H3,(H,25,31)/t18-,20+,22-/m0/s1. The molecule has 170 valence electrons. The molecule has 8 heteroatoms. The molecule has 0 aromatic heterocycles. The molecule has 0 saturated carbocycles. The Hall–Kier alpha value is -1.67. The van der Waals surface area contributed by atoms with Crippen molar-refractivity contribution in [3.63, 3.8) is 0 Å². The van der Waals surface area contributed by atoms with Gasteiger partial charge in [0.25, 0.3) is 0 Å². The zero-order valence-corrected chi connectivity index (χ0v) is 18.9. The second kappa shape index (κ2) is 9.86. The molecular weight excluding hydrogens is 416 g/mol.